The first-order chi connectivity index (χ1) is 8.84. The predicted octanol–water partition coefficient (Wildman–Crippen LogP) is 1.71. The fraction of sp³-hybridized carbons (Fsp3) is 0.286. The average molecular weight is 242 g/mol. The number of ether oxygens (including phenoxy) is 1. The van der Waals surface area contributed by atoms with Crippen LogP contribution in [0.2, 0.25) is 0 Å². The number of hydrogen-bond acceptors (Lipinski definition) is 3. The van der Waals surface area contributed by atoms with Crippen molar-refractivity contribution in [3.63, 3.8) is 0 Å². The number of morpholine rings is 1. The van der Waals surface area contributed by atoms with Gasteiger partial charge in [-0.1, -0.05) is 6.07 Å². The molecule has 0 atom stereocenters. The lowest BCUT2D eigenvalue weighted by molar-refractivity contribution is 0.0303. The van der Waals surface area contributed by atoms with Crippen LogP contribution in [0.25, 0.3) is 10.8 Å². The Labute approximate surface area is 105 Å². The molecule has 1 aliphatic heterocycles. The van der Waals surface area contributed by atoms with Crippen LogP contribution < -0.4 is 0 Å². The molecule has 1 fully saturated rings. The first-order valence-electron chi connectivity index (χ1n) is 6.05. The number of hydrogen-bond donors (Lipinski definition) is 0. The lowest BCUT2D eigenvalue weighted by Gasteiger charge is -2.26. The number of carbonyl (C=O) groups is 1. The SMILES string of the molecule is O=C(c1ccc2cnccc2c1)N1CCOCC1. The van der Waals surface area contributed by atoms with Gasteiger partial charge < -0.3 is 9.64 Å². The lowest BCUT2D eigenvalue weighted by atomic mass is 10.1. The highest BCUT2D eigenvalue weighted by atomic mass is 16.5. The molecule has 92 valence electrons. The molecule has 1 aliphatic rings. The first-order valence-corrected chi connectivity index (χ1v) is 6.05. The van der Waals surface area contributed by atoms with E-state index in [2.05, 4.69) is 4.98 Å². The maximum atomic E-state index is 12.3. The number of pyridine rings is 1. The molecule has 1 aromatic heterocycles. The number of fused-ring (bicyclic) bond motifs is 1. The van der Waals surface area contributed by atoms with Gasteiger partial charge in [0.2, 0.25) is 0 Å². The maximum Gasteiger partial charge on any atom is 0.254 e. The van der Waals surface area contributed by atoms with Crippen LogP contribution in [0.4, 0.5) is 0 Å². The van der Waals surface area contributed by atoms with E-state index in [1.807, 2.05) is 29.2 Å². The zero-order chi connectivity index (χ0) is 12.4. The number of rotatable bonds is 1. The van der Waals surface area contributed by atoms with E-state index in [0.717, 1.165) is 16.3 Å². The van der Waals surface area contributed by atoms with Gasteiger partial charge in [-0.25, -0.2) is 0 Å². The highest BCUT2D eigenvalue weighted by Gasteiger charge is 2.18. The van der Waals surface area contributed by atoms with Crippen molar-refractivity contribution in [3.8, 4) is 0 Å². The van der Waals surface area contributed by atoms with Gasteiger partial charge in [0, 0.05) is 36.4 Å². The minimum absolute atomic E-state index is 0.0806. The Hall–Kier alpha value is -1.94. The van der Waals surface area contributed by atoms with Gasteiger partial charge in [-0.15, -0.1) is 0 Å². The Balaban J connectivity index is 1.91. The van der Waals surface area contributed by atoms with E-state index in [0.29, 0.717) is 26.3 Å². The van der Waals surface area contributed by atoms with E-state index in [9.17, 15) is 4.79 Å². The third kappa shape index (κ3) is 2.07. The van der Waals surface area contributed by atoms with Crippen LogP contribution in [-0.4, -0.2) is 42.1 Å². The van der Waals surface area contributed by atoms with Gasteiger partial charge >= 0.3 is 0 Å². The topological polar surface area (TPSA) is 42.4 Å². The fourth-order valence-electron chi connectivity index (χ4n) is 2.17. The highest BCUT2D eigenvalue weighted by molar-refractivity contribution is 5.98. The van der Waals surface area contributed by atoms with Crippen molar-refractivity contribution in [2.45, 2.75) is 0 Å². The van der Waals surface area contributed by atoms with Gasteiger partial charge in [-0.3, -0.25) is 9.78 Å². The molecule has 1 aromatic carbocycles. The van der Waals surface area contributed by atoms with Crippen LogP contribution in [0.5, 0.6) is 0 Å². The summed E-state index contributed by atoms with van der Waals surface area (Å²) in [4.78, 5) is 18.2. The summed E-state index contributed by atoms with van der Waals surface area (Å²) in [7, 11) is 0. The Bertz CT molecular complexity index is 577. The van der Waals surface area contributed by atoms with Crippen LogP contribution >= 0.6 is 0 Å². The van der Waals surface area contributed by atoms with Crippen molar-refractivity contribution in [3.05, 3.63) is 42.2 Å². The summed E-state index contributed by atoms with van der Waals surface area (Å²) in [6.07, 6.45) is 3.55. The number of aromatic nitrogens is 1. The Morgan fingerprint density at radius 2 is 2.00 bits per heavy atom. The summed E-state index contributed by atoms with van der Waals surface area (Å²) >= 11 is 0. The summed E-state index contributed by atoms with van der Waals surface area (Å²) in [6, 6.07) is 7.65. The van der Waals surface area contributed by atoms with Crippen LogP contribution in [-0.2, 0) is 4.74 Å². The Morgan fingerprint density at radius 1 is 1.17 bits per heavy atom. The van der Waals surface area contributed by atoms with Crippen LogP contribution in [0.15, 0.2) is 36.7 Å². The fourth-order valence-corrected chi connectivity index (χ4v) is 2.17. The zero-order valence-corrected chi connectivity index (χ0v) is 10.0. The molecule has 1 saturated heterocycles. The summed E-state index contributed by atoms with van der Waals surface area (Å²) in [5.41, 5.74) is 0.732. The molecule has 0 N–H and O–H groups in total. The zero-order valence-electron chi connectivity index (χ0n) is 10.0. The molecule has 1 amide bonds. The molecule has 0 bridgehead atoms. The third-order valence-corrected chi connectivity index (χ3v) is 3.19. The van der Waals surface area contributed by atoms with Gasteiger partial charge in [0.1, 0.15) is 0 Å². The number of carbonyl (C=O) groups excluding carboxylic acids is 1. The van der Waals surface area contributed by atoms with Crippen molar-refractivity contribution in [2.75, 3.05) is 26.3 Å². The van der Waals surface area contributed by atoms with Gasteiger partial charge in [-0.05, 0) is 23.6 Å². The molecule has 0 aliphatic carbocycles. The van der Waals surface area contributed by atoms with E-state index in [1.165, 1.54) is 0 Å². The minimum atomic E-state index is 0.0806. The number of amides is 1. The standard InChI is InChI=1S/C14H14N2O2/c17-14(16-5-7-18-8-6-16)12-1-2-13-10-15-4-3-11(13)9-12/h1-4,9-10H,5-8H2. The van der Waals surface area contributed by atoms with E-state index in [4.69, 9.17) is 4.74 Å². The van der Waals surface area contributed by atoms with Crippen molar-refractivity contribution < 1.29 is 9.53 Å². The van der Waals surface area contributed by atoms with Crippen molar-refractivity contribution in [1.29, 1.82) is 0 Å². The number of benzene rings is 1. The largest absolute Gasteiger partial charge is 0.378 e. The second-order valence-electron chi connectivity index (χ2n) is 4.34. The smallest absolute Gasteiger partial charge is 0.254 e. The average Bonchev–Trinajstić information content (AvgIpc) is 2.47. The van der Waals surface area contributed by atoms with Crippen LogP contribution in [0.3, 0.4) is 0 Å². The van der Waals surface area contributed by atoms with Gasteiger partial charge in [-0.2, -0.15) is 0 Å². The Morgan fingerprint density at radius 3 is 2.83 bits per heavy atom. The molecule has 0 spiro atoms. The minimum Gasteiger partial charge on any atom is -0.378 e. The van der Waals surface area contributed by atoms with Crippen molar-refractivity contribution in [1.82, 2.24) is 9.88 Å². The second kappa shape index (κ2) is 4.74. The monoisotopic (exact) mass is 242 g/mol. The lowest BCUT2D eigenvalue weighted by Crippen LogP contribution is -2.40. The van der Waals surface area contributed by atoms with Gasteiger partial charge in [0.15, 0.2) is 0 Å². The molecule has 0 saturated carbocycles. The highest BCUT2D eigenvalue weighted by Crippen LogP contribution is 2.16. The number of nitrogens with zero attached hydrogens (tertiary/aromatic N) is 2. The molecule has 3 rings (SSSR count). The molecule has 4 nitrogen and oxygen atoms in total. The first kappa shape index (κ1) is 11.2. The molecule has 2 heterocycles. The van der Waals surface area contributed by atoms with E-state index >= 15 is 0 Å². The Kier molecular flexibility index (Phi) is 2.94. The summed E-state index contributed by atoms with van der Waals surface area (Å²) in [5, 5.41) is 2.10. The molecular weight excluding hydrogens is 228 g/mol. The molecule has 18 heavy (non-hydrogen) atoms. The van der Waals surface area contributed by atoms with E-state index < -0.39 is 0 Å². The molecule has 2 aromatic rings. The van der Waals surface area contributed by atoms with Crippen LogP contribution in [0.1, 0.15) is 10.4 Å². The van der Waals surface area contributed by atoms with E-state index in [1.54, 1.807) is 12.4 Å². The van der Waals surface area contributed by atoms with E-state index in [-0.39, 0.29) is 5.91 Å². The molecule has 0 unspecified atom stereocenters. The third-order valence-electron chi connectivity index (χ3n) is 3.19. The van der Waals surface area contributed by atoms with Crippen molar-refractivity contribution >= 4 is 16.7 Å². The summed E-state index contributed by atoms with van der Waals surface area (Å²) < 4.78 is 5.25. The maximum absolute atomic E-state index is 12.3. The van der Waals surface area contributed by atoms with Crippen molar-refractivity contribution in [2.24, 2.45) is 0 Å². The quantitative estimate of drug-likeness (QED) is 0.764. The second-order valence-corrected chi connectivity index (χ2v) is 4.34. The summed E-state index contributed by atoms with van der Waals surface area (Å²) in [6.45, 7) is 2.60. The van der Waals surface area contributed by atoms with Crippen LogP contribution in [0, 0.1) is 0 Å². The molecule has 0 radical (unpaired) electrons. The molecule has 4 heteroatoms. The van der Waals surface area contributed by atoms with Gasteiger partial charge in [0.05, 0.1) is 13.2 Å². The van der Waals surface area contributed by atoms with Gasteiger partial charge in [0.25, 0.3) is 5.91 Å². The normalized spacial score (nSPS) is 15.9. The molecular formula is C14H14N2O2. The predicted molar refractivity (Wildman–Crippen MR) is 68.5 cm³/mol. The summed E-state index contributed by atoms with van der Waals surface area (Å²) in [5.74, 6) is 0.0806.